The fourth-order valence-corrected chi connectivity index (χ4v) is 3.47. The Labute approximate surface area is 163 Å². The van der Waals surface area contributed by atoms with E-state index < -0.39 is 0 Å². The summed E-state index contributed by atoms with van der Waals surface area (Å²) in [6.07, 6.45) is 3.61. The average molecular weight is 388 g/mol. The molecule has 3 rings (SSSR count). The van der Waals surface area contributed by atoms with E-state index in [9.17, 15) is 4.79 Å². The predicted molar refractivity (Wildman–Crippen MR) is 107 cm³/mol. The smallest absolute Gasteiger partial charge is 0.259 e. The molecule has 0 radical (unpaired) electrons. The quantitative estimate of drug-likeness (QED) is 0.610. The number of ether oxygens (including phenoxy) is 2. The van der Waals surface area contributed by atoms with E-state index in [1.165, 1.54) is 26.0 Å². The van der Waals surface area contributed by atoms with Gasteiger partial charge in [-0.15, -0.1) is 0 Å². The summed E-state index contributed by atoms with van der Waals surface area (Å²) in [6, 6.07) is 11.6. The standard InChI is InChI=1S/C20H22ClN3O3/c1-26-18-11-14(10-16(21)20(18)27-2)12-22-23-19(25)13-24-9-5-7-15-6-3-4-8-17(15)24/h3-4,6,8,10-12H,5,7,9,13H2,1-2H3,(H,23,25)/b22-12+. The average Bonchev–Trinajstić information content (AvgIpc) is 2.68. The molecule has 0 unspecified atom stereocenters. The van der Waals surface area contributed by atoms with Crippen molar-refractivity contribution in [2.45, 2.75) is 12.8 Å². The van der Waals surface area contributed by atoms with Crippen LogP contribution in [0.25, 0.3) is 0 Å². The maximum absolute atomic E-state index is 12.3. The van der Waals surface area contributed by atoms with Crippen molar-refractivity contribution in [1.82, 2.24) is 5.43 Å². The van der Waals surface area contributed by atoms with Crippen LogP contribution < -0.4 is 19.8 Å². The number of amides is 1. The fourth-order valence-electron chi connectivity index (χ4n) is 3.18. The van der Waals surface area contributed by atoms with Gasteiger partial charge >= 0.3 is 0 Å². The summed E-state index contributed by atoms with van der Waals surface area (Å²) in [5.74, 6) is 0.793. The molecule has 27 heavy (non-hydrogen) atoms. The molecule has 0 saturated heterocycles. The summed E-state index contributed by atoms with van der Waals surface area (Å²) in [5, 5.41) is 4.44. The van der Waals surface area contributed by atoms with Crippen LogP contribution >= 0.6 is 11.6 Å². The molecule has 7 heteroatoms. The zero-order valence-corrected chi connectivity index (χ0v) is 16.1. The number of carbonyl (C=O) groups is 1. The lowest BCUT2D eigenvalue weighted by atomic mass is 10.0. The van der Waals surface area contributed by atoms with E-state index in [2.05, 4.69) is 27.6 Å². The Kier molecular flexibility index (Phi) is 6.19. The SMILES string of the molecule is COc1cc(/C=N/NC(=O)CN2CCCc3ccccc32)cc(Cl)c1OC. The number of nitrogens with zero attached hydrogens (tertiary/aromatic N) is 2. The van der Waals surface area contributed by atoms with Gasteiger partial charge in [0.2, 0.25) is 0 Å². The van der Waals surface area contributed by atoms with E-state index in [0.717, 1.165) is 25.1 Å². The Morgan fingerprint density at radius 2 is 2.11 bits per heavy atom. The van der Waals surface area contributed by atoms with Crippen LogP contribution in [0.3, 0.4) is 0 Å². The number of fused-ring (bicyclic) bond motifs is 1. The summed E-state index contributed by atoms with van der Waals surface area (Å²) in [5.41, 5.74) is 5.66. The minimum atomic E-state index is -0.172. The van der Waals surface area contributed by atoms with Gasteiger partial charge in [-0.05, 0) is 42.2 Å². The molecule has 0 spiro atoms. The number of rotatable bonds is 6. The molecule has 0 aromatic heterocycles. The number of hydrogen-bond donors (Lipinski definition) is 1. The lowest BCUT2D eigenvalue weighted by Crippen LogP contribution is -2.38. The number of anilines is 1. The number of hydrogen-bond acceptors (Lipinski definition) is 5. The van der Waals surface area contributed by atoms with Gasteiger partial charge in [-0.1, -0.05) is 29.8 Å². The Morgan fingerprint density at radius 3 is 2.89 bits per heavy atom. The van der Waals surface area contributed by atoms with Crippen LogP contribution in [-0.2, 0) is 11.2 Å². The fraction of sp³-hybridized carbons (Fsp3) is 0.300. The molecule has 0 atom stereocenters. The summed E-state index contributed by atoms with van der Waals surface area (Å²) in [7, 11) is 3.06. The maximum atomic E-state index is 12.3. The number of para-hydroxylation sites is 1. The molecule has 142 valence electrons. The lowest BCUT2D eigenvalue weighted by Gasteiger charge is -2.30. The number of methoxy groups -OCH3 is 2. The Hall–Kier alpha value is -2.73. The minimum absolute atomic E-state index is 0.172. The number of hydrazone groups is 1. The third kappa shape index (κ3) is 4.52. The van der Waals surface area contributed by atoms with E-state index in [4.69, 9.17) is 21.1 Å². The molecule has 0 bridgehead atoms. The van der Waals surface area contributed by atoms with E-state index in [1.54, 1.807) is 12.1 Å². The van der Waals surface area contributed by atoms with E-state index in [-0.39, 0.29) is 12.5 Å². The van der Waals surface area contributed by atoms with Gasteiger partial charge in [0, 0.05) is 12.2 Å². The highest BCUT2D eigenvalue weighted by molar-refractivity contribution is 6.32. The van der Waals surface area contributed by atoms with Gasteiger partial charge < -0.3 is 14.4 Å². The van der Waals surface area contributed by atoms with E-state index in [0.29, 0.717) is 22.1 Å². The van der Waals surface area contributed by atoms with Gasteiger partial charge in [0.15, 0.2) is 11.5 Å². The molecule has 1 aliphatic rings. The highest BCUT2D eigenvalue weighted by Gasteiger charge is 2.18. The topological polar surface area (TPSA) is 63.2 Å². The van der Waals surface area contributed by atoms with Crippen molar-refractivity contribution in [2.75, 3.05) is 32.2 Å². The van der Waals surface area contributed by atoms with Crippen molar-refractivity contribution in [3.63, 3.8) is 0 Å². The molecule has 1 amide bonds. The van der Waals surface area contributed by atoms with Gasteiger partial charge in [0.25, 0.3) is 5.91 Å². The molecular formula is C20H22ClN3O3. The van der Waals surface area contributed by atoms with Gasteiger partial charge in [0.1, 0.15) is 0 Å². The summed E-state index contributed by atoms with van der Waals surface area (Å²) in [4.78, 5) is 14.3. The van der Waals surface area contributed by atoms with Crippen LogP contribution in [0.15, 0.2) is 41.5 Å². The molecule has 1 N–H and O–H groups in total. The number of carbonyl (C=O) groups excluding carboxylic acids is 1. The first kappa shape index (κ1) is 19.0. The molecule has 1 aliphatic heterocycles. The summed E-state index contributed by atoms with van der Waals surface area (Å²) < 4.78 is 10.5. The van der Waals surface area contributed by atoms with Crippen LogP contribution in [0.2, 0.25) is 5.02 Å². The van der Waals surface area contributed by atoms with E-state index in [1.807, 2.05) is 12.1 Å². The predicted octanol–water partition coefficient (Wildman–Crippen LogP) is 3.26. The Balaban J connectivity index is 1.62. The molecule has 2 aromatic rings. The van der Waals surface area contributed by atoms with Crippen LogP contribution in [0.5, 0.6) is 11.5 Å². The lowest BCUT2D eigenvalue weighted by molar-refractivity contribution is -0.119. The van der Waals surface area contributed by atoms with Crippen LogP contribution in [0.4, 0.5) is 5.69 Å². The van der Waals surface area contributed by atoms with Crippen molar-refractivity contribution in [2.24, 2.45) is 5.10 Å². The second kappa shape index (κ2) is 8.77. The molecular weight excluding hydrogens is 366 g/mol. The molecule has 0 aliphatic carbocycles. The molecule has 1 heterocycles. The number of benzene rings is 2. The normalized spacial score (nSPS) is 13.4. The van der Waals surface area contributed by atoms with Gasteiger partial charge in [-0.25, -0.2) is 5.43 Å². The molecule has 0 saturated carbocycles. The second-order valence-electron chi connectivity index (χ2n) is 6.19. The molecule has 2 aromatic carbocycles. The third-order valence-corrected chi connectivity index (χ3v) is 4.68. The maximum Gasteiger partial charge on any atom is 0.259 e. The third-order valence-electron chi connectivity index (χ3n) is 4.40. The first-order valence-corrected chi connectivity index (χ1v) is 9.06. The summed E-state index contributed by atoms with van der Waals surface area (Å²) >= 11 is 6.17. The highest BCUT2D eigenvalue weighted by Crippen LogP contribution is 2.35. The summed E-state index contributed by atoms with van der Waals surface area (Å²) in [6.45, 7) is 1.13. The zero-order valence-electron chi connectivity index (χ0n) is 15.4. The number of aryl methyl sites for hydroxylation is 1. The Morgan fingerprint density at radius 1 is 1.30 bits per heavy atom. The minimum Gasteiger partial charge on any atom is -0.493 e. The van der Waals surface area contributed by atoms with Crippen molar-refractivity contribution < 1.29 is 14.3 Å². The number of nitrogens with one attached hydrogen (secondary N) is 1. The Bertz CT molecular complexity index is 854. The first-order valence-electron chi connectivity index (χ1n) is 8.68. The number of halogens is 1. The van der Waals surface area contributed by atoms with Crippen molar-refractivity contribution in [1.29, 1.82) is 0 Å². The van der Waals surface area contributed by atoms with E-state index >= 15 is 0 Å². The monoisotopic (exact) mass is 387 g/mol. The molecule has 6 nitrogen and oxygen atoms in total. The van der Waals surface area contributed by atoms with Crippen molar-refractivity contribution in [3.8, 4) is 11.5 Å². The van der Waals surface area contributed by atoms with Gasteiger partial charge in [-0.3, -0.25) is 4.79 Å². The van der Waals surface area contributed by atoms with Crippen LogP contribution in [-0.4, -0.2) is 39.4 Å². The largest absolute Gasteiger partial charge is 0.493 e. The van der Waals surface area contributed by atoms with Crippen LogP contribution in [0, 0.1) is 0 Å². The zero-order chi connectivity index (χ0) is 19.2. The highest BCUT2D eigenvalue weighted by atomic mass is 35.5. The van der Waals surface area contributed by atoms with Crippen LogP contribution in [0.1, 0.15) is 17.5 Å². The van der Waals surface area contributed by atoms with Gasteiger partial charge in [-0.2, -0.15) is 5.10 Å². The second-order valence-corrected chi connectivity index (χ2v) is 6.59. The van der Waals surface area contributed by atoms with Crippen molar-refractivity contribution >= 4 is 29.4 Å². The van der Waals surface area contributed by atoms with Crippen molar-refractivity contribution in [3.05, 3.63) is 52.5 Å². The first-order chi connectivity index (χ1) is 13.1. The molecule has 0 fully saturated rings. The van der Waals surface area contributed by atoms with Gasteiger partial charge in [0.05, 0.1) is 32.0 Å².